The van der Waals surface area contributed by atoms with Crippen LogP contribution in [0.4, 0.5) is 0 Å². The van der Waals surface area contributed by atoms with Crippen LogP contribution in [-0.2, 0) is 52.2 Å². The molecule has 34 nitrogen and oxygen atoms in total. The lowest BCUT2D eigenvalue weighted by atomic mass is 9.78. The molecule has 440 valence electrons. The number of carboxylic acids is 1. The van der Waals surface area contributed by atoms with Gasteiger partial charge in [0.15, 0.2) is 37.7 Å². The van der Waals surface area contributed by atoms with Crippen LogP contribution in [-0.4, -0.2) is 315 Å². The van der Waals surface area contributed by atoms with E-state index in [-0.39, 0.29) is 6.42 Å². The standard InChI is InChI=1S/C21H39N3O15.C20H39N3O13/c1-5(17(32)33)21(4-27)16(31)13(30)10(24)20(39-21)38-15-7(3-26)36-19(9(23)12(15)29)37-14-6(2-25)35-18(34)8(22)11(14)28;1-2-20(5-26)16(30)13(29)10(23)19(36-20)35-15-7(4-25)33-18(9(22)12(15)28)34-14-6(3-24)32-17(31)8(21)11(14)27/h5-16,18-20,25-31,34H,2-4,22-24H2,1H3,(H,32,33);6-19,24-31H,2-5,21-23H2,1H3/t5?,6-,7-,8-,9-,10-,11-,12-,13-,14?,15?,16+,18-,19+,20+,21+;6-,7-,8-,9-,10-,11-,12-,13-,14?,15?,16+,17-,18+,19+,20-/m11/s1. The smallest absolute Gasteiger partial charge is 0.309 e. The fourth-order valence-corrected chi connectivity index (χ4v) is 9.61. The molecule has 6 saturated heterocycles. The first-order chi connectivity index (χ1) is 35.2. The Morgan fingerprint density at radius 3 is 1.12 bits per heavy atom. The summed E-state index contributed by atoms with van der Waals surface area (Å²) in [7, 11) is 0. The van der Waals surface area contributed by atoms with Crippen LogP contribution in [0.3, 0.4) is 0 Å². The van der Waals surface area contributed by atoms with Crippen molar-refractivity contribution in [3.05, 3.63) is 0 Å². The van der Waals surface area contributed by atoms with E-state index in [9.17, 15) is 91.6 Å². The zero-order chi connectivity index (χ0) is 56.3. The third-order valence-corrected chi connectivity index (χ3v) is 14.8. The van der Waals surface area contributed by atoms with Gasteiger partial charge in [-0.15, -0.1) is 0 Å². The molecule has 0 amide bonds. The van der Waals surface area contributed by atoms with E-state index in [0.717, 1.165) is 6.92 Å². The van der Waals surface area contributed by atoms with Crippen molar-refractivity contribution in [2.75, 3.05) is 39.6 Å². The highest BCUT2D eigenvalue weighted by Crippen LogP contribution is 2.39. The molecular formula is C41H78N6O28. The summed E-state index contributed by atoms with van der Waals surface area (Å²) in [5.41, 5.74) is 31.7. The summed E-state index contributed by atoms with van der Waals surface area (Å²) in [5, 5.41) is 172. The molecule has 0 aromatic rings. The molecular weight excluding hydrogens is 1020 g/mol. The lowest BCUT2D eigenvalue weighted by Crippen LogP contribution is -2.73. The monoisotopic (exact) mass is 1100 g/mol. The Morgan fingerprint density at radius 2 is 0.787 bits per heavy atom. The second kappa shape index (κ2) is 26.6. The highest BCUT2D eigenvalue weighted by Gasteiger charge is 2.60. The zero-order valence-corrected chi connectivity index (χ0v) is 40.8. The molecule has 0 saturated carbocycles. The van der Waals surface area contributed by atoms with Crippen LogP contribution >= 0.6 is 0 Å². The van der Waals surface area contributed by atoms with E-state index in [1.165, 1.54) is 0 Å². The van der Waals surface area contributed by atoms with Gasteiger partial charge in [-0.25, -0.2) is 0 Å². The number of hydrogen-bond acceptors (Lipinski definition) is 33. The van der Waals surface area contributed by atoms with Gasteiger partial charge in [0.05, 0.1) is 81.8 Å². The number of hydrogen-bond donors (Lipinski definition) is 23. The van der Waals surface area contributed by atoms with Crippen LogP contribution < -0.4 is 34.4 Å². The zero-order valence-electron chi connectivity index (χ0n) is 40.8. The fraction of sp³-hybridized carbons (Fsp3) is 0.976. The van der Waals surface area contributed by atoms with Crippen LogP contribution in [0.1, 0.15) is 20.3 Å². The van der Waals surface area contributed by atoms with Crippen LogP contribution in [0.25, 0.3) is 0 Å². The highest BCUT2D eigenvalue weighted by molar-refractivity contribution is 5.71. The summed E-state index contributed by atoms with van der Waals surface area (Å²) in [6.07, 6.45) is -33.1. The van der Waals surface area contributed by atoms with E-state index >= 15 is 0 Å². The summed E-state index contributed by atoms with van der Waals surface area (Å²) in [4.78, 5) is 11.6. The van der Waals surface area contributed by atoms with Crippen molar-refractivity contribution in [1.82, 2.24) is 0 Å². The maximum atomic E-state index is 11.6. The van der Waals surface area contributed by atoms with Gasteiger partial charge in [0.1, 0.15) is 109 Å². The SMILES string of the molecule is CC(C(=O)O)[C@]1(CO)O[C@H](OC2[C@@H](CO)O[C@@H](OC3[C@@H](CO)O[C@@H](O)[C@H](N)[C@H]3O)[C@H](N)[C@H]2O)[C@H](N)[C@@H](O)[C@@H]1O.CC[C@]1(CO)O[C@H](OC2[C@@H](CO)O[C@@H](OC3[C@@H](CO)O[C@@H](O)[C@H](N)[C@H]3O)[C@H](N)[C@H]2O)[C@H](N)[C@@H](O)[C@@H]1O. The average Bonchev–Trinajstić information content (AvgIpc) is 3.40. The first-order valence-electron chi connectivity index (χ1n) is 24.0. The molecule has 6 rings (SSSR count). The van der Waals surface area contributed by atoms with E-state index in [1.54, 1.807) is 6.92 Å². The van der Waals surface area contributed by atoms with Gasteiger partial charge in [0.2, 0.25) is 0 Å². The normalized spacial score (nSPS) is 51.1. The third-order valence-electron chi connectivity index (χ3n) is 14.8. The summed E-state index contributed by atoms with van der Waals surface area (Å²) < 4.78 is 55.7. The Labute approximate surface area is 427 Å². The lowest BCUT2D eigenvalue weighted by Gasteiger charge is -2.52. The van der Waals surface area contributed by atoms with Crippen LogP contribution in [0.15, 0.2) is 0 Å². The maximum absolute atomic E-state index is 11.6. The number of carboxylic acid groups (broad SMARTS) is 1. The summed E-state index contributed by atoms with van der Waals surface area (Å²) >= 11 is 0. The quantitative estimate of drug-likeness (QED) is 0.0643. The van der Waals surface area contributed by atoms with Crippen molar-refractivity contribution in [3.63, 3.8) is 0 Å². The van der Waals surface area contributed by atoms with Gasteiger partial charge in [-0.1, -0.05) is 6.92 Å². The number of ether oxygens (including phenoxy) is 10. The van der Waals surface area contributed by atoms with E-state index in [4.69, 9.17) is 81.8 Å². The molecule has 6 aliphatic heterocycles. The van der Waals surface area contributed by atoms with Crippen molar-refractivity contribution in [2.45, 2.75) is 203 Å². The molecule has 75 heavy (non-hydrogen) atoms. The van der Waals surface area contributed by atoms with Crippen molar-refractivity contribution in [1.29, 1.82) is 0 Å². The van der Waals surface area contributed by atoms with Gasteiger partial charge in [-0.2, -0.15) is 0 Å². The molecule has 6 heterocycles. The third kappa shape index (κ3) is 12.7. The highest BCUT2D eigenvalue weighted by atomic mass is 16.8. The van der Waals surface area contributed by atoms with Gasteiger partial charge in [-0.05, 0) is 13.3 Å². The van der Waals surface area contributed by atoms with Crippen molar-refractivity contribution < 1.29 is 139 Å². The topological polar surface area (TPSA) is 609 Å². The number of aliphatic hydroxyl groups excluding tert-OH is 16. The minimum absolute atomic E-state index is 0.0888. The summed E-state index contributed by atoms with van der Waals surface area (Å²) in [6, 6.07) is -8.18. The molecule has 5 unspecified atom stereocenters. The van der Waals surface area contributed by atoms with E-state index in [2.05, 4.69) is 0 Å². The molecule has 0 spiro atoms. The second-order valence-corrected chi connectivity index (χ2v) is 19.4. The van der Waals surface area contributed by atoms with Crippen molar-refractivity contribution in [3.8, 4) is 0 Å². The minimum atomic E-state index is -2.26. The largest absolute Gasteiger partial charge is 0.481 e. The van der Waals surface area contributed by atoms with Gasteiger partial charge in [0, 0.05) is 0 Å². The fourth-order valence-electron chi connectivity index (χ4n) is 9.61. The number of nitrogens with two attached hydrogens (primary N) is 6. The van der Waals surface area contributed by atoms with E-state index in [1.807, 2.05) is 0 Å². The number of rotatable bonds is 17. The summed E-state index contributed by atoms with van der Waals surface area (Å²) in [5.74, 6) is -3.02. The number of aliphatic carboxylic acids is 1. The van der Waals surface area contributed by atoms with Gasteiger partial charge >= 0.3 is 5.97 Å². The minimum Gasteiger partial charge on any atom is -0.481 e. The van der Waals surface area contributed by atoms with E-state index in [0.29, 0.717) is 0 Å². The van der Waals surface area contributed by atoms with Gasteiger partial charge in [-0.3, -0.25) is 4.79 Å². The number of carbonyl (C=O) groups is 1. The Morgan fingerprint density at radius 1 is 0.467 bits per heavy atom. The average molecular weight is 1100 g/mol. The second-order valence-electron chi connectivity index (χ2n) is 19.4. The molecule has 0 radical (unpaired) electrons. The Kier molecular flexibility index (Phi) is 22.7. The molecule has 31 atom stereocenters. The van der Waals surface area contributed by atoms with Crippen LogP contribution in [0, 0.1) is 5.92 Å². The van der Waals surface area contributed by atoms with Gasteiger partial charge < -0.3 is 169 Å². The maximum Gasteiger partial charge on any atom is 0.309 e. The molecule has 34 heteroatoms. The number of aliphatic hydroxyl groups is 16. The predicted octanol–water partition coefficient (Wildman–Crippen LogP) is -14.5. The molecule has 0 aliphatic carbocycles. The summed E-state index contributed by atoms with van der Waals surface area (Å²) in [6.45, 7) is -1.83. The molecule has 6 aliphatic rings. The Balaban J connectivity index is 0.000000278. The molecule has 29 N–H and O–H groups in total. The first kappa shape index (κ1) is 64.0. The van der Waals surface area contributed by atoms with Crippen molar-refractivity contribution >= 4 is 5.97 Å². The Hall–Kier alpha value is -1.81. The lowest BCUT2D eigenvalue weighted by molar-refractivity contribution is -0.364. The molecule has 0 aromatic heterocycles. The molecule has 0 bridgehead atoms. The van der Waals surface area contributed by atoms with Crippen molar-refractivity contribution in [2.24, 2.45) is 40.3 Å². The Bertz CT molecular complexity index is 1770. The van der Waals surface area contributed by atoms with Crippen LogP contribution in [0.5, 0.6) is 0 Å². The molecule has 6 fully saturated rings. The predicted molar refractivity (Wildman–Crippen MR) is 239 cm³/mol. The van der Waals surface area contributed by atoms with Gasteiger partial charge in [0.25, 0.3) is 0 Å². The first-order valence-corrected chi connectivity index (χ1v) is 24.0. The molecule has 0 aromatic carbocycles. The van der Waals surface area contributed by atoms with E-state index < -0.39 is 234 Å². The van der Waals surface area contributed by atoms with Crippen LogP contribution in [0.2, 0.25) is 0 Å².